The van der Waals surface area contributed by atoms with Gasteiger partial charge < -0.3 is 10.8 Å². The topological polar surface area (TPSA) is 46.2 Å². The molecular weight excluding hydrogens is 174 g/mol. The van der Waals surface area contributed by atoms with Crippen LogP contribution in [0.25, 0.3) is 0 Å². The number of rotatable bonds is 4. The van der Waals surface area contributed by atoms with Crippen molar-refractivity contribution < 1.29 is 5.11 Å². The summed E-state index contributed by atoms with van der Waals surface area (Å²) in [5, 5.41) is 10.7. The second kappa shape index (κ2) is 5.13. The van der Waals surface area contributed by atoms with Gasteiger partial charge in [0.05, 0.1) is 5.60 Å². The van der Waals surface area contributed by atoms with E-state index in [1.54, 1.807) is 0 Å². The summed E-state index contributed by atoms with van der Waals surface area (Å²) in [6.45, 7) is 4.98. The van der Waals surface area contributed by atoms with E-state index in [9.17, 15) is 5.11 Å². The predicted octanol–water partition coefficient (Wildman–Crippen LogP) is 2.30. The summed E-state index contributed by atoms with van der Waals surface area (Å²) in [4.78, 5) is 0. The third-order valence-electron chi connectivity index (χ3n) is 3.95. The predicted molar refractivity (Wildman–Crippen MR) is 60.0 cm³/mol. The first-order valence-corrected chi connectivity index (χ1v) is 6.07. The van der Waals surface area contributed by atoms with Crippen LogP contribution in [0, 0.1) is 11.8 Å². The van der Waals surface area contributed by atoms with Crippen molar-refractivity contribution in [3.8, 4) is 0 Å². The third-order valence-corrected chi connectivity index (χ3v) is 3.95. The standard InChI is InChI=1S/C12H25NO/c1-3-6-11(9-13)12(14)8-5-4-7-10(12)2/h10-11,14H,3-9,13H2,1-2H3. The number of nitrogens with two attached hydrogens (primary N) is 1. The summed E-state index contributed by atoms with van der Waals surface area (Å²) in [5.41, 5.74) is 5.31. The van der Waals surface area contributed by atoms with Crippen molar-refractivity contribution in [2.24, 2.45) is 17.6 Å². The van der Waals surface area contributed by atoms with Gasteiger partial charge in [-0.25, -0.2) is 0 Å². The lowest BCUT2D eigenvalue weighted by Crippen LogP contribution is -2.48. The Morgan fingerprint density at radius 3 is 2.71 bits per heavy atom. The lowest BCUT2D eigenvalue weighted by molar-refractivity contribution is -0.0886. The van der Waals surface area contributed by atoms with Crippen molar-refractivity contribution >= 4 is 0 Å². The van der Waals surface area contributed by atoms with Crippen LogP contribution in [0.1, 0.15) is 52.4 Å². The highest BCUT2D eigenvalue weighted by molar-refractivity contribution is 4.93. The van der Waals surface area contributed by atoms with E-state index in [1.165, 1.54) is 12.8 Å². The molecule has 1 fully saturated rings. The van der Waals surface area contributed by atoms with Gasteiger partial charge in [0.25, 0.3) is 0 Å². The van der Waals surface area contributed by atoms with Crippen molar-refractivity contribution in [3.63, 3.8) is 0 Å². The molecule has 0 aromatic carbocycles. The second-order valence-corrected chi connectivity index (χ2v) is 4.86. The Labute approximate surface area is 87.9 Å². The van der Waals surface area contributed by atoms with E-state index in [1.807, 2.05) is 0 Å². The van der Waals surface area contributed by atoms with Gasteiger partial charge in [0.1, 0.15) is 0 Å². The van der Waals surface area contributed by atoms with Crippen LogP contribution in [-0.2, 0) is 0 Å². The molecule has 0 spiro atoms. The maximum atomic E-state index is 10.7. The summed E-state index contributed by atoms with van der Waals surface area (Å²) in [6.07, 6.45) is 6.74. The minimum absolute atomic E-state index is 0.308. The van der Waals surface area contributed by atoms with Gasteiger partial charge in [-0.05, 0) is 31.7 Å². The van der Waals surface area contributed by atoms with Gasteiger partial charge in [0.15, 0.2) is 0 Å². The van der Waals surface area contributed by atoms with Crippen molar-refractivity contribution in [2.75, 3.05) is 6.54 Å². The fourth-order valence-corrected chi connectivity index (χ4v) is 2.88. The first-order chi connectivity index (χ1) is 6.65. The van der Waals surface area contributed by atoms with Gasteiger partial charge in [0, 0.05) is 5.92 Å². The zero-order valence-corrected chi connectivity index (χ0v) is 9.63. The Hall–Kier alpha value is -0.0800. The van der Waals surface area contributed by atoms with E-state index in [0.29, 0.717) is 18.4 Å². The highest BCUT2D eigenvalue weighted by atomic mass is 16.3. The zero-order valence-electron chi connectivity index (χ0n) is 9.63. The van der Waals surface area contributed by atoms with Crippen molar-refractivity contribution in [2.45, 2.75) is 58.0 Å². The molecular formula is C12H25NO. The summed E-state index contributed by atoms with van der Waals surface area (Å²) in [7, 11) is 0. The van der Waals surface area contributed by atoms with Crippen molar-refractivity contribution in [1.29, 1.82) is 0 Å². The van der Waals surface area contributed by atoms with E-state index in [2.05, 4.69) is 13.8 Å². The Morgan fingerprint density at radius 2 is 2.21 bits per heavy atom. The molecule has 0 aromatic heterocycles. The molecule has 0 aliphatic heterocycles. The zero-order chi connectivity index (χ0) is 10.6. The lowest BCUT2D eigenvalue weighted by atomic mass is 9.68. The van der Waals surface area contributed by atoms with E-state index >= 15 is 0 Å². The molecule has 84 valence electrons. The van der Waals surface area contributed by atoms with E-state index in [-0.39, 0.29) is 0 Å². The quantitative estimate of drug-likeness (QED) is 0.730. The lowest BCUT2D eigenvalue weighted by Gasteiger charge is -2.43. The molecule has 0 bridgehead atoms. The molecule has 1 aliphatic carbocycles. The molecule has 0 heterocycles. The van der Waals surface area contributed by atoms with Gasteiger partial charge in [-0.15, -0.1) is 0 Å². The van der Waals surface area contributed by atoms with Crippen LogP contribution < -0.4 is 5.73 Å². The highest BCUT2D eigenvalue weighted by Gasteiger charge is 2.41. The van der Waals surface area contributed by atoms with Crippen LogP contribution in [0.15, 0.2) is 0 Å². The molecule has 1 aliphatic rings. The van der Waals surface area contributed by atoms with E-state index in [4.69, 9.17) is 5.73 Å². The summed E-state index contributed by atoms with van der Waals surface area (Å²) >= 11 is 0. The first kappa shape index (κ1) is 12.0. The monoisotopic (exact) mass is 199 g/mol. The van der Waals surface area contributed by atoms with E-state index < -0.39 is 5.60 Å². The average Bonchev–Trinajstić information content (AvgIpc) is 2.19. The molecule has 3 unspecified atom stereocenters. The highest BCUT2D eigenvalue weighted by Crippen LogP contribution is 2.40. The maximum absolute atomic E-state index is 10.7. The molecule has 0 saturated heterocycles. The SMILES string of the molecule is CCCC(CN)C1(O)CCCCC1C. The minimum Gasteiger partial charge on any atom is -0.389 e. The van der Waals surface area contributed by atoms with Gasteiger partial charge >= 0.3 is 0 Å². The first-order valence-electron chi connectivity index (χ1n) is 6.07. The second-order valence-electron chi connectivity index (χ2n) is 4.86. The third kappa shape index (κ3) is 2.29. The molecule has 2 heteroatoms. The molecule has 0 aromatic rings. The summed E-state index contributed by atoms with van der Waals surface area (Å²) in [5.74, 6) is 0.735. The molecule has 14 heavy (non-hydrogen) atoms. The van der Waals surface area contributed by atoms with Crippen LogP contribution in [0.3, 0.4) is 0 Å². The molecule has 2 nitrogen and oxygen atoms in total. The maximum Gasteiger partial charge on any atom is 0.0713 e. The van der Waals surface area contributed by atoms with Gasteiger partial charge in [-0.3, -0.25) is 0 Å². The molecule has 3 atom stereocenters. The number of hydrogen-bond acceptors (Lipinski definition) is 2. The fourth-order valence-electron chi connectivity index (χ4n) is 2.88. The van der Waals surface area contributed by atoms with Crippen LogP contribution in [0.2, 0.25) is 0 Å². The Balaban J connectivity index is 2.67. The average molecular weight is 199 g/mol. The molecule has 1 saturated carbocycles. The molecule has 1 rings (SSSR count). The number of aliphatic hydroxyl groups is 1. The van der Waals surface area contributed by atoms with Crippen molar-refractivity contribution in [1.82, 2.24) is 0 Å². The summed E-state index contributed by atoms with van der Waals surface area (Å²) < 4.78 is 0. The summed E-state index contributed by atoms with van der Waals surface area (Å²) in [6, 6.07) is 0. The number of hydrogen-bond donors (Lipinski definition) is 2. The Morgan fingerprint density at radius 1 is 1.50 bits per heavy atom. The van der Waals surface area contributed by atoms with Crippen LogP contribution in [0.5, 0.6) is 0 Å². The van der Waals surface area contributed by atoms with Gasteiger partial charge in [-0.1, -0.05) is 33.1 Å². The molecule has 3 N–H and O–H groups in total. The fraction of sp³-hybridized carbons (Fsp3) is 1.00. The van der Waals surface area contributed by atoms with Crippen LogP contribution >= 0.6 is 0 Å². The Bertz CT molecular complexity index is 172. The van der Waals surface area contributed by atoms with Crippen molar-refractivity contribution in [3.05, 3.63) is 0 Å². The van der Waals surface area contributed by atoms with E-state index in [0.717, 1.165) is 25.7 Å². The minimum atomic E-state index is -0.469. The molecule has 0 amide bonds. The van der Waals surface area contributed by atoms with Crippen LogP contribution in [0.4, 0.5) is 0 Å². The smallest absolute Gasteiger partial charge is 0.0713 e. The van der Waals surface area contributed by atoms with Gasteiger partial charge in [-0.2, -0.15) is 0 Å². The molecule has 0 radical (unpaired) electrons. The van der Waals surface area contributed by atoms with Crippen LogP contribution in [-0.4, -0.2) is 17.3 Å². The largest absolute Gasteiger partial charge is 0.389 e. The van der Waals surface area contributed by atoms with Gasteiger partial charge in [0.2, 0.25) is 0 Å². The Kier molecular flexibility index (Phi) is 4.39. The normalized spacial score (nSPS) is 35.6.